The van der Waals surface area contributed by atoms with E-state index in [4.69, 9.17) is 4.74 Å². The van der Waals surface area contributed by atoms with Crippen LogP contribution in [0.2, 0.25) is 0 Å². The third-order valence-electron chi connectivity index (χ3n) is 4.29. The summed E-state index contributed by atoms with van der Waals surface area (Å²) in [5, 5.41) is 0. The first-order valence-corrected chi connectivity index (χ1v) is 8.28. The fourth-order valence-electron chi connectivity index (χ4n) is 2.79. The van der Waals surface area contributed by atoms with Gasteiger partial charge < -0.3 is 9.64 Å². The first-order chi connectivity index (χ1) is 13.0. The van der Waals surface area contributed by atoms with Crippen molar-refractivity contribution in [3.05, 3.63) is 59.9 Å². The van der Waals surface area contributed by atoms with Gasteiger partial charge in [0.2, 0.25) is 11.8 Å². The molecule has 3 rings (SSSR count). The van der Waals surface area contributed by atoms with Crippen LogP contribution in [0.25, 0.3) is 0 Å². The van der Waals surface area contributed by atoms with Crippen molar-refractivity contribution in [2.75, 3.05) is 18.6 Å². The van der Waals surface area contributed by atoms with Crippen LogP contribution in [0.15, 0.2) is 48.5 Å². The number of nitrogens with zero attached hydrogens (tertiary/aromatic N) is 1. The van der Waals surface area contributed by atoms with Crippen molar-refractivity contribution in [2.24, 2.45) is 5.92 Å². The molecule has 0 aliphatic carbocycles. The molecule has 8 heteroatoms. The molecule has 1 saturated heterocycles. The van der Waals surface area contributed by atoms with Gasteiger partial charge in [0.05, 0.1) is 13.0 Å². The zero-order valence-corrected chi connectivity index (χ0v) is 14.6. The molecule has 7 nitrogen and oxygen atoms in total. The summed E-state index contributed by atoms with van der Waals surface area (Å²) in [6, 6.07) is 11.9. The monoisotopic (exact) mass is 371 g/mol. The van der Waals surface area contributed by atoms with E-state index < -0.39 is 23.5 Å². The zero-order valence-electron chi connectivity index (χ0n) is 14.6. The van der Waals surface area contributed by atoms with Crippen molar-refractivity contribution in [3.63, 3.8) is 0 Å². The fourth-order valence-corrected chi connectivity index (χ4v) is 2.79. The minimum atomic E-state index is -0.590. The average molecular weight is 371 g/mol. The van der Waals surface area contributed by atoms with Crippen molar-refractivity contribution < 1.29 is 23.5 Å². The van der Waals surface area contributed by atoms with E-state index in [0.29, 0.717) is 11.4 Å². The number of hydrogen-bond acceptors (Lipinski definition) is 4. The molecule has 0 unspecified atom stereocenters. The summed E-state index contributed by atoms with van der Waals surface area (Å²) in [5.41, 5.74) is 5.47. The van der Waals surface area contributed by atoms with E-state index in [0.717, 1.165) is 12.1 Å². The molecule has 2 N–H and O–H groups in total. The van der Waals surface area contributed by atoms with Crippen LogP contribution in [-0.2, 0) is 9.59 Å². The summed E-state index contributed by atoms with van der Waals surface area (Å²) in [5.74, 6) is -1.59. The van der Waals surface area contributed by atoms with Crippen LogP contribution < -0.4 is 20.5 Å². The molecule has 2 aromatic rings. The predicted molar refractivity (Wildman–Crippen MR) is 95.5 cm³/mol. The van der Waals surface area contributed by atoms with Gasteiger partial charge in [-0.2, -0.15) is 0 Å². The van der Waals surface area contributed by atoms with Crippen LogP contribution in [-0.4, -0.2) is 31.4 Å². The largest absolute Gasteiger partial charge is 0.497 e. The summed E-state index contributed by atoms with van der Waals surface area (Å²) in [6.07, 6.45) is 0.0459. The third kappa shape index (κ3) is 4.22. The van der Waals surface area contributed by atoms with E-state index >= 15 is 0 Å². The van der Waals surface area contributed by atoms with E-state index in [1.165, 1.54) is 17.0 Å². The highest BCUT2D eigenvalue weighted by atomic mass is 19.1. The molecular weight excluding hydrogens is 353 g/mol. The fraction of sp³-hybridized carbons (Fsp3) is 0.211. The lowest BCUT2D eigenvalue weighted by Gasteiger charge is -2.17. The number of halogens is 1. The minimum absolute atomic E-state index is 0.0459. The molecule has 0 aromatic heterocycles. The Morgan fingerprint density at radius 2 is 1.74 bits per heavy atom. The molecular formula is C19H18FN3O4. The lowest BCUT2D eigenvalue weighted by molar-refractivity contribution is -0.126. The summed E-state index contributed by atoms with van der Waals surface area (Å²) in [4.78, 5) is 38.0. The van der Waals surface area contributed by atoms with Crippen molar-refractivity contribution >= 4 is 23.4 Å². The van der Waals surface area contributed by atoms with Crippen molar-refractivity contribution in [1.82, 2.24) is 10.9 Å². The topological polar surface area (TPSA) is 87.7 Å². The zero-order chi connectivity index (χ0) is 19.4. The molecule has 140 valence electrons. The predicted octanol–water partition coefficient (Wildman–Crippen LogP) is 1.65. The van der Waals surface area contributed by atoms with Crippen LogP contribution in [0.3, 0.4) is 0 Å². The Morgan fingerprint density at radius 1 is 1.07 bits per heavy atom. The van der Waals surface area contributed by atoms with Gasteiger partial charge >= 0.3 is 0 Å². The van der Waals surface area contributed by atoms with Crippen LogP contribution in [0.4, 0.5) is 10.1 Å². The lowest BCUT2D eigenvalue weighted by atomic mass is 10.1. The summed E-state index contributed by atoms with van der Waals surface area (Å²) < 4.78 is 18.0. The van der Waals surface area contributed by atoms with Gasteiger partial charge in [-0.15, -0.1) is 0 Å². The van der Waals surface area contributed by atoms with Crippen molar-refractivity contribution in [3.8, 4) is 5.75 Å². The molecule has 27 heavy (non-hydrogen) atoms. The highest BCUT2D eigenvalue weighted by molar-refractivity contribution is 6.01. The first kappa shape index (κ1) is 18.4. The Hall–Kier alpha value is -3.42. The molecule has 0 bridgehead atoms. The van der Waals surface area contributed by atoms with E-state index in [1.807, 2.05) is 0 Å². The Bertz CT molecular complexity index is 852. The smallest absolute Gasteiger partial charge is 0.269 e. The number of carbonyl (C=O) groups is 3. The Kier molecular flexibility index (Phi) is 5.35. The van der Waals surface area contributed by atoms with E-state index in [9.17, 15) is 18.8 Å². The number of nitrogens with one attached hydrogen (secondary N) is 2. The number of hydrogen-bond donors (Lipinski definition) is 2. The molecule has 0 radical (unpaired) electrons. The highest BCUT2D eigenvalue weighted by Gasteiger charge is 2.35. The second-order valence-corrected chi connectivity index (χ2v) is 6.05. The van der Waals surface area contributed by atoms with Gasteiger partial charge in [0.15, 0.2) is 0 Å². The Balaban J connectivity index is 1.56. The molecule has 3 amide bonds. The summed E-state index contributed by atoms with van der Waals surface area (Å²) in [6.45, 7) is 0.212. The summed E-state index contributed by atoms with van der Waals surface area (Å²) >= 11 is 0. The van der Waals surface area contributed by atoms with Crippen molar-refractivity contribution in [2.45, 2.75) is 6.42 Å². The van der Waals surface area contributed by atoms with Gasteiger partial charge in [0, 0.05) is 24.2 Å². The second-order valence-electron chi connectivity index (χ2n) is 6.05. The van der Waals surface area contributed by atoms with Crippen LogP contribution in [0.1, 0.15) is 16.8 Å². The quantitative estimate of drug-likeness (QED) is 0.800. The normalized spacial score (nSPS) is 16.1. The van der Waals surface area contributed by atoms with E-state index in [2.05, 4.69) is 10.9 Å². The lowest BCUT2D eigenvalue weighted by Crippen LogP contribution is -2.45. The highest BCUT2D eigenvalue weighted by Crippen LogP contribution is 2.26. The van der Waals surface area contributed by atoms with Gasteiger partial charge in [-0.05, 0) is 48.5 Å². The number of anilines is 1. The number of hydrazine groups is 1. The molecule has 1 fully saturated rings. The molecule has 1 aliphatic rings. The molecule has 1 heterocycles. The maximum absolute atomic E-state index is 12.9. The number of carbonyl (C=O) groups excluding carboxylic acids is 3. The molecule has 0 spiro atoms. The number of ether oxygens (including phenoxy) is 1. The van der Waals surface area contributed by atoms with E-state index in [1.54, 1.807) is 31.4 Å². The molecule has 0 saturated carbocycles. The molecule has 1 aliphatic heterocycles. The van der Waals surface area contributed by atoms with Crippen LogP contribution in [0.5, 0.6) is 5.75 Å². The van der Waals surface area contributed by atoms with Gasteiger partial charge in [-0.25, -0.2) is 4.39 Å². The van der Waals surface area contributed by atoms with Gasteiger partial charge in [-0.3, -0.25) is 25.2 Å². The van der Waals surface area contributed by atoms with Crippen molar-refractivity contribution in [1.29, 1.82) is 0 Å². The second kappa shape index (κ2) is 7.86. The van der Waals surface area contributed by atoms with Crippen LogP contribution >= 0.6 is 0 Å². The molecule has 2 aromatic carbocycles. The number of benzene rings is 2. The average Bonchev–Trinajstić information content (AvgIpc) is 3.08. The number of methoxy groups -OCH3 is 1. The van der Waals surface area contributed by atoms with E-state index in [-0.39, 0.29) is 24.4 Å². The molecule has 1 atom stereocenters. The third-order valence-corrected chi connectivity index (χ3v) is 4.29. The van der Waals surface area contributed by atoms with Gasteiger partial charge in [0.1, 0.15) is 11.6 Å². The Labute approximate surface area is 155 Å². The number of rotatable bonds is 4. The Morgan fingerprint density at radius 3 is 2.37 bits per heavy atom. The minimum Gasteiger partial charge on any atom is -0.497 e. The maximum atomic E-state index is 12.9. The first-order valence-electron chi connectivity index (χ1n) is 8.28. The maximum Gasteiger partial charge on any atom is 0.269 e. The number of amides is 3. The summed E-state index contributed by atoms with van der Waals surface area (Å²) in [7, 11) is 1.55. The SMILES string of the molecule is COc1ccc(N2C[C@H](C(=O)NNC(=O)c3ccc(F)cc3)CC2=O)cc1. The standard InChI is InChI=1S/C19H18FN3O4/c1-27-16-8-6-15(7-9-16)23-11-13(10-17(23)24)19(26)22-21-18(25)12-2-4-14(20)5-3-12/h2-9,13H,10-11H2,1H3,(H,21,25)(H,22,26)/t13-/m1/s1. The van der Waals surface area contributed by atoms with Gasteiger partial charge in [0.25, 0.3) is 5.91 Å². The van der Waals surface area contributed by atoms with Gasteiger partial charge in [-0.1, -0.05) is 0 Å². The van der Waals surface area contributed by atoms with Crippen LogP contribution in [0, 0.1) is 11.7 Å².